The molecule has 0 unspecified atom stereocenters. The number of para-hydroxylation sites is 1. The number of amides is 3. The highest BCUT2D eigenvalue weighted by molar-refractivity contribution is 6.03. The highest BCUT2D eigenvalue weighted by Gasteiger charge is 2.20. The number of carbonyl (C=O) groups is 2. The van der Waals surface area contributed by atoms with Gasteiger partial charge < -0.3 is 16.0 Å². The standard InChI is InChI=1S/C20H29N3O2/c24-19(21-15-9-3-1-4-10-15)17-13-7-8-14-18(17)23-20(25)22-16-11-5-2-6-12-16/h7-8,13-16H,1-6,9-12H2,(H,21,24)(H2,22,23,25). The zero-order valence-electron chi connectivity index (χ0n) is 14.9. The molecule has 2 fully saturated rings. The first-order valence-corrected chi connectivity index (χ1v) is 9.70. The zero-order valence-corrected chi connectivity index (χ0v) is 14.9. The van der Waals surface area contributed by atoms with Gasteiger partial charge in [-0.15, -0.1) is 0 Å². The molecule has 3 rings (SSSR count). The third kappa shape index (κ3) is 5.21. The third-order valence-corrected chi connectivity index (χ3v) is 5.30. The van der Waals surface area contributed by atoms with Gasteiger partial charge >= 0.3 is 6.03 Å². The monoisotopic (exact) mass is 343 g/mol. The van der Waals surface area contributed by atoms with Crippen molar-refractivity contribution in [3.05, 3.63) is 29.8 Å². The van der Waals surface area contributed by atoms with Crippen LogP contribution in [0.4, 0.5) is 10.5 Å². The van der Waals surface area contributed by atoms with E-state index in [1.54, 1.807) is 12.1 Å². The molecule has 0 aliphatic heterocycles. The summed E-state index contributed by atoms with van der Waals surface area (Å²) >= 11 is 0. The minimum atomic E-state index is -0.218. The number of urea groups is 1. The summed E-state index contributed by atoms with van der Waals surface area (Å²) in [5, 5.41) is 9.02. The molecule has 1 aromatic carbocycles. The Morgan fingerprint density at radius 1 is 0.760 bits per heavy atom. The van der Waals surface area contributed by atoms with E-state index in [2.05, 4.69) is 16.0 Å². The fourth-order valence-corrected chi connectivity index (χ4v) is 3.89. The molecule has 2 saturated carbocycles. The number of carbonyl (C=O) groups excluding carboxylic acids is 2. The Labute approximate surface area is 150 Å². The lowest BCUT2D eigenvalue weighted by Gasteiger charge is -2.24. The molecule has 0 bridgehead atoms. The molecule has 2 aliphatic carbocycles. The van der Waals surface area contributed by atoms with Crippen LogP contribution < -0.4 is 16.0 Å². The van der Waals surface area contributed by atoms with E-state index in [1.165, 1.54) is 38.5 Å². The van der Waals surface area contributed by atoms with Crippen molar-refractivity contribution in [2.24, 2.45) is 0 Å². The van der Waals surface area contributed by atoms with Crippen molar-refractivity contribution in [3.8, 4) is 0 Å². The molecule has 3 amide bonds. The summed E-state index contributed by atoms with van der Waals surface area (Å²) in [6.07, 6.45) is 11.4. The lowest BCUT2D eigenvalue weighted by molar-refractivity contribution is 0.0928. The number of rotatable bonds is 4. The highest BCUT2D eigenvalue weighted by Crippen LogP contribution is 2.21. The van der Waals surface area contributed by atoms with Gasteiger partial charge in [0.05, 0.1) is 11.3 Å². The maximum absolute atomic E-state index is 12.6. The minimum Gasteiger partial charge on any atom is -0.349 e. The lowest BCUT2D eigenvalue weighted by Crippen LogP contribution is -2.40. The van der Waals surface area contributed by atoms with Crippen LogP contribution in [0.15, 0.2) is 24.3 Å². The fourth-order valence-electron chi connectivity index (χ4n) is 3.89. The molecule has 0 aromatic heterocycles. The van der Waals surface area contributed by atoms with Crippen LogP contribution in [0, 0.1) is 0 Å². The maximum atomic E-state index is 12.6. The fraction of sp³-hybridized carbons (Fsp3) is 0.600. The van der Waals surface area contributed by atoms with Gasteiger partial charge in [0.15, 0.2) is 0 Å². The van der Waals surface area contributed by atoms with E-state index in [4.69, 9.17) is 0 Å². The number of hydrogen-bond acceptors (Lipinski definition) is 2. The number of benzene rings is 1. The summed E-state index contributed by atoms with van der Waals surface area (Å²) < 4.78 is 0. The number of hydrogen-bond donors (Lipinski definition) is 3. The molecule has 3 N–H and O–H groups in total. The third-order valence-electron chi connectivity index (χ3n) is 5.30. The second-order valence-corrected chi connectivity index (χ2v) is 7.29. The average Bonchev–Trinajstić information content (AvgIpc) is 2.63. The zero-order chi connectivity index (χ0) is 17.5. The van der Waals surface area contributed by atoms with Crippen molar-refractivity contribution >= 4 is 17.6 Å². The SMILES string of the molecule is O=C(Nc1ccccc1C(=O)NC1CCCCC1)NC1CCCCC1. The quantitative estimate of drug-likeness (QED) is 0.766. The van der Waals surface area contributed by atoms with Crippen LogP contribution in [0.5, 0.6) is 0 Å². The summed E-state index contributed by atoms with van der Waals surface area (Å²) in [4.78, 5) is 24.9. The van der Waals surface area contributed by atoms with Crippen LogP contribution in [-0.2, 0) is 0 Å². The Kier molecular flexibility index (Phi) is 6.31. The van der Waals surface area contributed by atoms with E-state index in [1.807, 2.05) is 12.1 Å². The smallest absolute Gasteiger partial charge is 0.319 e. The topological polar surface area (TPSA) is 70.2 Å². The Balaban J connectivity index is 1.59. The van der Waals surface area contributed by atoms with E-state index in [0.717, 1.165) is 25.7 Å². The Bertz CT molecular complexity index is 590. The van der Waals surface area contributed by atoms with Gasteiger partial charge in [-0.3, -0.25) is 4.79 Å². The van der Waals surface area contributed by atoms with E-state index in [-0.39, 0.29) is 24.0 Å². The van der Waals surface area contributed by atoms with E-state index in [0.29, 0.717) is 11.3 Å². The highest BCUT2D eigenvalue weighted by atomic mass is 16.2. The maximum Gasteiger partial charge on any atom is 0.319 e. The van der Waals surface area contributed by atoms with Gasteiger partial charge in [0.1, 0.15) is 0 Å². The van der Waals surface area contributed by atoms with Crippen LogP contribution in [0.1, 0.15) is 74.6 Å². The molecule has 0 spiro atoms. The first kappa shape index (κ1) is 17.8. The Hall–Kier alpha value is -2.04. The molecule has 0 atom stereocenters. The number of anilines is 1. The Morgan fingerprint density at radius 3 is 1.96 bits per heavy atom. The summed E-state index contributed by atoms with van der Waals surface area (Å²) in [7, 11) is 0. The largest absolute Gasteiger partial charge is 0.349 e. The van der Waals surface area contributed by atoms with E-state index < -0.39 is 0 Å². The first-order valence-electron chi connectivity index (χ1n) is 9.70. The van der Waals surface area contributed by atoms with Gasteiger partial charge in [-0.05, 0) is 37.8 Å². The van der Waals surface area contributed by atoms with Crippen LogP contribution >= 0.6 is 0 Å². The molecule has 0 saturated heterocycles. The summed E-state index contributed by atoms with van der Waals surface area (Å²) in [5.74, 6) is -0.0968. The van der Waals surface area contributed by atoms with E-state index >= 15 is 0 Å². The van der Waals surface area contributed by atoms with Crippen molar-refractivity contribution in [1.29, 1.82) is 0 Å². The molecule has 25 heavy (non-hydrogen) atoms. The second-order valence-electron chi connectivity index (χ2n) is 7.29. The minimum absolute atomic E-state index is 0.0968. The summed E-state index contributed by atoms with van der Waals surface area (Å²) in [6.45, 7) is 0. The van der Waals surface area contributed by atoms with Crippen LogP contribution in [0.2, 0.25) is 0 Å². The summed E-state index contributed by atoms with van der Waals surface area (Å²) in [5.41, 5.74) is 1.11. The predicted molar refractivity (Wildman–Crippen MR) is 99.8 cm³/mol. The van der Waals surface area contributed by atoms with Gasteiger partial charge in [-0.2, -0.15) is 0 Å². The van der Waals surface area contributed by atoms with Crippen LogP contribution in [0.25, 0.3) is 0 Å². The van der Waals surface area contributed by atoms with Crippen LogP contribution in [-0.4, -0.2) is 24.0 Å². The molecule has 5 nitrogen and oxygen atoms in total. The van der Waals surface area contributed by atoms with Crippen molar-refractivity contribution in [3.63, 3.8) is 0 Å². The van der Waals surface area contributed by atoms with E-state index in [9.17, 15) is 9.59 Å². The molecule has 0 heterocycles. The molecular formula is C20H29N3O2. The predicted octanol–water partition coefficient (Wildman–Crippen LogP) is 4.20. The molecule has 0 radical (unpaired) electrons. The first-order chi connectivity index (χ1) is 12.2. The normalized spacial score (nSPS) is 19.2. The molecule has 136 valence electrons. The van der Waals surface area contributed by atoms with Gasteiger partial charge in [0, 0.05) is 12.1 Å². The number of nitrogens with one attached hydrogen (secondary N) is 3. The summed E-state index contributed by atoms with van der Waals surface area (Å²) in [6, 6.07) is 7.52. The lowest BCUT2D eigenvalue weighted by atomic mass is 9.95. The van der Waals surface area contributed by atoms with Gasteiger partial charge in [0.25, 0.3) is 5.91 Å². The van der Waals surface area contributed by atoms with Gasteiger partial charge in [-0.1, -0.05) is 50.7 Å². The average molecular weight is 343 g/mol. The van der Waals surface area contributed by atoms with Crippen molar-refractivity contribution in [1.82, 2.24) is 10.6 Å². The van der Waals surface area contributed by atoms with Crippen LogP contribution in [0.3, 0.4) is 0 Å². The molecule has 1 aromatic rings. The second kappa shape index (κ2) is 8.88. The van der Waals surface area contributed by atoms with Crippen molar-refractivity contribution in [2.45, 2.75) is 76.3 Å². The van der Waals surface area contributed by atoms with Gasteiger partial charge in [-0.25, -0.2) is 4.79 Å². The molecule has 2 aliphatic rings. The molecule has 5 heteroatoms. The Morgan fingerprint density at radius 2 is 1.32 bits per heavy atom. The molecular weight excluding hydrogens is 314 g/mol. The van der Waals surface area contributed by atoms with Crippen molar-refractivity contribution in [2.75, 3.05) is 5.32 Å². The van der Waals surface area contributed by atoms with Crippen molar-refractivity contribution < 1.29 is 9.59 Å². The van der Waals surface area contributed by atoms with Gasteiger partial charge in [0.2, 0.25) is 0 Å².